The first-order valence-electron chi connectivity index (χ1n) is 4.08. The molecule has 0 aliphatic heterocycles. The second kappa shape index (κ2) is 3.46. The van der Waals surface area contributed by atoms with Crippen LogP contribution < -0.4 is 10.3 Å². The van der Waals surface area contributed by atoms with E-state index in [1.165, 1.54) is 7.11 Å². The van der Waals surface area contributed by atoms with Crippen LogP contribution in [0.25, 0.3) is 10.9 Å². The predicted molar refractivity (Wildman–Crippen MR) is 58.8 cm³/mol. The van der Waals surface area contributed by atoms with Crippen LogP contribution in [-0.2, 0) is 0 Å². The molecule has 14 heavy (non-hydrogen) atoms. The Labute approximate surface area is 88.8 Å². The lowest BCUT2D eigenvalue weighted by Gasteiger charge is -2.03. The molecule has 0 amide bonds. The van der Waals surface area contributed by atoms with Gasteiger partial charge in [0.15, 0.2) is 5.75 Å². The number of fused-ring (bicyclic) bond motifs is 1. The monoisotopic (exact) mass is 253 g/mol. The van der Waals surface area contributed by atoms with Crippen LogP contribution in [0.1, 0.15) is 0 Å². The lowest BCUT2D eigenvalue weighted by Crippen LogP contribution is -2.08. The number of halogens is 1. The Bertz CT molecular complexity index is 533. The highest BCUT2D eigenvalue weighted by molar-refractivity contribution is 9.10. The van der Waals surface area contributed by atoms with Gasteiger partial charge in [-0.3, -0.25) is 4.79 Å². The molecule has 0 bridgehead atoms. The minimum Gasteiger partial charge on any atom is -0.491 e. The second-order valence-corrected chi connectivity index (χ2v) is 3.72. The molecule has 0 unspecified atom stereocenters. The molecule has 0 saturated carbocycles. The Morgan fingerprint density at radius 2 is 2.21 bits per heavy atom. The number of hydrogen-bond acceptors (Lipinski definition) is 2. The standard InChI is InChI=1S/C10H8BrNO2/c1-14-9-5-6-7(11)3-2-4-8(6)12-10(9)13/h2-5H,1H3,(H,12,13). The third kappa shape index (κ3) is 1.42. The molecule has 3 nitrogen and oxygen atoms in total. The molecule has 1 aromatic carbocycles. The molecule has 0 aliphatic rings. The molecule has 0 atom stereocenters. The number of aromatic nitrogens is 1. The summed E-state index contributed by atoms with van der Waals surface area (Å²) in [7, 11) is 1.48. The topological polar surface area (TPSA) is 42.1 Å². The first kappa shape index (κ1) is 9.27. The quantitative estimate of drug-likeness (QED) is 0.848. The third-order valence-electron chi connectivity index (χ3n) is 2.02. The van der Waals surface area contributed by atoms with Gasteiger partial charge in [0.1, 0.15) is 0 Å². The third-order valence-corrected chi connectivity index (χ3v) is 2.71. The molecule has 0 fully saturated rings. The maximum atomic E-state index is 11.4. The molecule has 0 aliphatic carbocycles. The van der Waals surface area contributed by atoms with E-state index in [2.05, 4.69) is 20.9 Å². The molecule has 0 radical (unpaired) electrons. The molecule has 2 aromatic rings. The van der Waals surface area contributed by atoms with Gasteiger partial charge < -0.3 is 9.72 Å². The van der Waals surface area contributed by atoms with Gasteiger partial charge in [-0.25, -0.2) is 0 Å². The van der Waals surface area contributed by atoms with E-state index in [-0.39, 0.29) is 5.56 Å². The van der Waals surface area contributed by atoms with Crippen LogP contribution in [0.4, 0.5) is 0 Å². The first-order chi connectivity index (χ1) is 6.72. The second-order valence-electron chi connectivity index (χ2n) is 2.87. The summed E-state index contributed by atoms with van der Waals surface area (Å²) in [6.07, 6.45) is 0. The van der Waals surface area contributed by atoms with Crippen molar-refractivity contribution in [1.82, 2.24) is 4.98 Å². The summed E-state index contributed by atoms with van der Waals surface area (Å²) in [5.74, 6) is 0.324. The zero-order valence-corrected chi connectivity index (χ0v) is 9.09. The fourth-order valence-electron chi connectivity index (χ4n) is 1.32. The molecule has 0 saturated heterocycles. The van der Waals surface area contributed by atoms with Crippen molar-refractivity contribution >= 4 is 26.8 Å². The maximum absolute atomic E-state index is 11.4. The van der Waals surface area contributed by atoms with E-state index in [1.54, 1.807) is 6.07 Å². The summed E-state index contributed by atoms with van der Waals surface area (Å²) in [5.41, 5.74) is 0.586. The fraction of sp³-hybridized carbons (Fsp3) is 0.100. The molecular formula is C10H8BrNO2. The SMILES string of the molecule is COc1cc2c(Br)cccc2[nH]c1=O. The normalized spacial score (nSPS) is 10.4. The van der Waals surface area contributed by atoms with Crippen molar-refractivity contribution in [3.05, 3.63) is 39.1 Å². The van der Waals surface area contributed by atoms with Gasteiger partial charge in [0.05, 0.1) is 7.11 Å². The van der Waals surface area contributed by atoms with E-state index in [0.717, 1.165) is 15.4 Å². The smallest absolute Gasteiger partial charge is 0.290 e. The van der Waals surface area contributed by atoms with E-state index in [0.29, 0.717) is 5.75 Å². The molecule has 1 aromatic heterocycles. The molecule has 1 N–H and O–H groups in total. The van der Waals surface area contributed by atoms with Gasteiger partial charge in [0.25, 0.3) is 5.56 Å². The summed E-state index contributed by atoms with van der Waals surface area (Å²) in [6.45, 7) is 0. The van der Waals surface area contributed by atoms with Gasteiger partial charge in [0, 0.05) is 15.4 Å². The number of H-pyrrole nitrogens is 1. The van der Waals surface area contributed by atoms with Crippen molar-refractivity contribution in [2.24, 2.45) is 0 Å². The van der Waals surface area contributed by atoms with Crippen molar-refractivity contribution in [2.75, 3.05) is 7.11 Å². The largest absolute Gasteiger partial charge is 0.491 e. The van der Waals surface area contributed by atoms with E-state index < -0.39 is 0 Å². The van der Waals surface area contributed by atoms with Crippen LogP contribution >= 0.6 is 15.9 Å². The van der Waals surface area contributed by atoms with Crippen molar-refractivity contribution in [1.29, 1.82) is 0 Å². The highest BCUT2D eigenvalue weighted by atomic mass is 79.9. The highest BCUT2D eigenvalue weighted by Crippen LogP contribution is 2.23. The van der Waals surface area contributed by atoms with Crippen LogP contribution in [0.2, 0.25) is 0 Å². The van der Waals surface area contributed by atoms with E-state index >= 15 is 0 Å². The highest BCUT2D eigenvalue weighted by Gasteiger charge is 2.04. The molecule has 1 heterocycles. The van der Waals surface area contributed by atoms with Crippen molar-refractivity contribution < 1.29 is 4.74 Å². The van der Waals surface area contributed by atoms with E-state index in [1.807, 2.05) is 18.2 Å². The van der Waals surface area contributed by atoms with Crippen molar-refractivity contribution in [3.8, 4) is 5.75 Å². The molecular weight excluding hydrogens is 246 g/mol. The first-order valence-corrected chi connectivity index (χ1v) is 4.87. The number of pyridine rings is 1. The number of ether oxygens (including phenoxy) is 1. The molecule has 72 valence electrons. The summed E-state index contributed by atoms with van der Waals surface area (Å²) in [6, 6.07) is 7.36. The lowest BCUT2D eigenvalue weighted by atomic mass is 10.2. The van der Waals surface area contributed by atoms with Crippen LogP contribution in [0.15, 0.2) is 33.5 Å². The molecule has 4 heteroatoms. The lowest BCUT2D eigenvalue weighted by molar-refractivity contribution is 0.409. The number of hydrogen-bond donors (Lipinski definition) is 1. The summed E-state index contributed by atoms with van der Waals surface area (Å²) in [5, 5.41) is 0.934. The van der Waals surface area contributed by atoms with Gasteiger partial charge in [0.2, 0.25) is 0 Å². The molecule has 2 rings (SSSR count). The Kier molecular flexibility index (Phi) is 2.29. The number of aromatic amines is 1. The maximum Gasteiger partial charge on any atom is 0.290 e. The van der Waals surface area contributed by atoms with Crippen LogP contribution in [0, 0.1) is 0 Å². The average molecular weight is 254 g/mol. The molecule has 0 spiro atoms. The Morgan fingerprint density at radius 3 is 2.93 bits per heavy atom. The summed E-state index contributed by atoms with van der Waals surface area (Å²) in [4.78, 5) is 14.1. The Balaban J connectivity index is 2.87. The summed E-state index contributed by atoms with van der Waals surface area (Å²) >= 11 is 3.41. The summed E-state index contributed by atoms with van der Waals surface area (Å²) < 4.78 is 5.88. The number of methoxy groups -OCH3 is 1. The van der Waals surface area contributed by atoms with E-state index in [4.69, 9.17) is 4.74 Å². The van der Waals surface area contributed by atoms with Gasteiger partial charge in [-0.1, -0.05) is 22.0 Å². The van der Waals surface area contributed by atoms with Gasteiger partial charge in [-0.05, 0) is 18.2 Å². The van der Waals surface area contributed by atoms with Gasteiger partial charge >= 0.3 is 0 Å². The van der Waals surface area contributed by atoms with Crippen LogP contribution in [0.3, 0.4) is 0 Å². The zero-order chi connectivity index (χ0) is 10.1. The van der Waals surface area contributed by atoms with Crippen molar-refractivity contribution in [2.45, 2.75) is 0 Å². The number of benzene rings is 1. The van der Waals surface area contributed by atoms with E-state index in [9.17, 15) is 4.79 Å². The van der Waals surface area contributed by atoms with Gasteiger partial charge in [-0.2, -0.15) is 0 Å². The van der Waals surface area contributed by atoms with Crippen molar-refractivity contribution in [3.63, 3.8) is 0 Å². The Morgan fingerprint density at radius 1 is 1.43 bits per heavy atom. The zero-order valence-electron chi connectivity index (χ0n) is 7.50. The minimum atomic E-state index is -0.210. The number of nitrogens with one attached hydrogen (secondary N) is 1. The van der Waals surface area contributed by atoms with Gasteiger partial charge in [-0.15, -0.1) is 0 Å². The fourth-order valence-corrected chi connectivity index (χ4v) is 1.81. The minimum absolute atomic E-state index is 0.210. The van der Waals surface area contributed by atoms with Crippen LogP contribution in [-0.4, -0.2) is 12.1 Å². The predicted octanol–water partition coefficient (Wildman–Crippen LogP) is 2.30. The number of rotatable bonds is 1. The van der Waals surface area contributed by atoms with Crippen LogP contribution in [0.5, 0.6) is 5.75 Å². The Hall–Kier alpha value is -1.29. The average Bonchev–Trinajstić information content (AvgIpc) is 2.17.